The molecular weight excluding hydrogens is 635 g/mol. The van der Waals surface area contributed by atoms with Gasteiger partial charge in [0.1, 0.15) is 0 Å². The van der Waals surface area contributed by atoms with E-state index in [-0.39, 0.29) is 25.7 Å². The van der Waals surface area contributed by atoms with Crippen LogP contribution in [0.25, 0.3) is 0 Å². The molecule has 0 saturated carbocycles. The van der Waals surface area contributed by atoms with Gasteiger partial charge in [-0.05, 0) is 32.1 Å². The minimum absolute atomic E-state index is 0.0757. The van der Waals surface area contributed by atoms with Crippen LogP contribution in [-0.2, 0) is 18.4 Å². The van der Waals surface area contributed by atoms with Crippen LogP contribution < -0.4 is 11.1 Å². The molecule has 0 fully saturated rings. The largest absolute Gasteiger partial charge is 0.472 e. The first-order valence-electron chi connectivity index (χ1n) is 20.5. The lowest BCUT2D eigenvalue weighted by Crippen LogP contribution is -2.45. The average Bonchev–Trinajstić information content (AvgIpc) is 3.09. The smallest absolute Gasteiger partial charge is 0.387 e. The van der Waals surface area contributed by atoms with Crippen LogP contribution in [0.2, 0.25) is 0 Å². The molecule has 0 aromatic carbocycles. The van der Waals surface area contributed by atoms with Crippen molar-refractivity contribution in [3.8, 4) is 0 Å². The number of phosphoric acid groups is 1. The number of unbranched alkanes of at least 4 members (excludes halogenated alkanes) is 24. The molecule has 9 heteroatoms. The number of nitrogens with two attached hydrogens (primary N) is 1. The number of amides is 1. The van der Waals surface area contributed by atoms with Gasteiger partial charge in [-0.2, -0.15) is 0 Å². The zero-order valence-electron chi connectivity index (χ0n) is 31.9. The number of aliphatic hydroxyl groups is 1. The van der Waals surface area contributed by atoms with E-state index in [0.717, 1.165) is 38.5 Å². The molecule has 1 amide bonds. The van der Waals surface area contributed by atoms with Crippen molar-refractivity contribution in [1.82, 2.24) is 5.32 Å². The van der Waals surface area contributed by atoms with Crippen LogP contribution in [0.3, 0.4) is 0 Å². The number of hydrogen-bond acceptors (Lipinski definition) is 6. The van der Waals surface area contributed by atoms with E-state index in [2.05, 4.69) is 31.3 Å². The maximum Gasteiger partial charge on any atom is 0.472 e. The van der Waals surface area contributed by atoms with E-state index in [9.17, 15) is 19.4 Å². The minimum Gasteiger partial charge on any atom is -0.387 e. The standard InChI is InChI=1S/C40H79N2O6P/c1-3-5-7-9-11-13-15-17-19-20-21-23-25-27-29-31-33-39(43)38(37-48-49(45,46)47-36-35-41)42-40(44)34-32-30-28-26-24-22-18-16-14-12-10-8-6-4-2/h23,25,31,33,38-39,43H,3-22,24,26-30,32,34-37,41H2,1-2H3,(H,42,44)(H,45,46)/b25-23+,33-31+. The Labute approximate surface area is 302 Å². The number of aliphatic hydroxyl groups excluding tert-OH is 1. The second-order valence-corrected chi connectivity index (χ2v) is 15.3. The van der Waals surface area contributed by atoms with Crippen molar-refractivity contribution in [3.63, 3.8) is 0 Å². The Kier molecular flexibility index (Phi) is 36.0. The second-order valence-electron chi connectivity index (χ2n) is 13.8. The summed E-state index contributed by atoms with van der Waals surface area (Å²) >= 11 is 0. The first-order chi connectivity index (χ1) is 23.9. The summed E-state index contributed by atoms with van der Waals surface area (Å²) in [6, 6.07) is -0.871. The van der Waals surface area contributed by atoms with Gasteiger partial charge in [-0.1, -0.05) is 179 Å². The summed E-state index contributed by atoms with van der Waals surface area (Å²) in [6.45, 7) is 4.11. The number of carbonyl (C=O) groups is 1. The van der Waals surface area contributed by atoms with Gasteiger partial charge in [0.15, 0.2) is 0 Å². The van der Waals surface area contributed by atoms with Crippen molar-refractivity contribution in [3.05, 3.63) is 24.3 Å². The fourth-order valence-electron chi connectivity index (χ4n) is 5.91. The highest BCUT2D eigenvalue weighted by atomic mass is 31.2. The first kappa shape index (κ1) is 48.0. The van der Waals surface area contributed by atoms with Gasteiger partial charge in [0.05, 0.1) is 25.4 Å². The van der Waals surface area contributed by atoms with Crippen LogP contribution in [0, 0.1) is 0 Å². The number of rotatable bonds is 38. The van der Waals surface area contributed by atoms with Gasteiger partial charge in [-0.15, -0.1) is 0 Å². The van der Waals surface area contributed by atoms with E-state index in [1.165, 1.54) is 135 Å². The predicted octanol–water partition coefficient (Wildman–Crippen LogP) is 11.0. The molecule has 0 aromatic rings. The van der Waals surface area contributed by atoms with E-state index >= 15 is 0 Å². The number of nitrogens with one attached hydrogen (secondary N) is 1. The predicted molar refractivity (Wildman–Crippen MR) is 208 cm³/mol. The molecule has 0 aromatic heterocycles. The summed E-state index contributed by atoms with van der Waals surface area (Å²) in [6.07, 6.45) is 40.8. The van der Waals surface area contributed by atoms with Crippen molar-refractivity contribution < 1.29 is 28.4 Å². The summed E-state index contributed by atoms with van der Waals surface area (Å²) in [5, 5.41) is 13.6. The lowest BCUT2D eigenvalue weighted by atomic mass is 10.0. The third-order valence-corrected chi connectivity index (χ3v) is 10.0. The molecular formula is C40H79N2O6P. The van der Waals surface area contributed by atoms with Crippen LogP contribution in [0.1, 0.15) is 194 Å². The maximum atomic E-state index is 12.7. The highest BCUT2D eigenvalue weighted by molar-refractivity contribution is 7.47. The Bertz CT molecular complexity index is 825. The molecule has 0 rings (SSSR count). The summed E-state index contributed by atoms with van der Waals surface area (Å²) in [4.78, 5) is 22.6. The third kappa shape index (κ3) is 35.2. The summed E-state index contributed by atoms with van der Waals surface area (Å²) in [5.41, 5.74) is 5.36. The summed E-state index contributed by atoms with van der Waals surface area (Å²) in [7, 11) is -4.34. The fraction of sp³-hybridized carbons (Fsp3) is 0.875. The molecule has 3 unspecified atom stereocenters. The zero-order valence-corrected chi connectivity index (χ0v) is 32.8. The van der Waals surface area contributed by atoms with Crippen LogP contribution in [0.15, 0.2) is 24.3 Å². The van der Waals surface area contributed by atoms with Crippen molar-refractivity contribution >= 4 is 13.7 Å². The quantitative estimate of drug-likeness (QED) is 0.0284. The molecule has 3 atom stereocenters. The van der Waals surface area contributed by atoms with E-state index in [1.54, 1.807) is 6.08 Å². The van der Waals surface area contributed by atoms with Crippen molar-refractivity contribution in [1.29, 1.82) is 0 Å². The molecule has 5 N–H and O–H groups in total. The Balaban J connectivity index is 4.30. The molecule has 0 aliphatic rings. The molecule has 0 bridgehead atoms. The molecule has 0 spiro atoms. The van der Waals surface area contributed by atoms with E-state index < -0.39 is 20.0 Å². The van der Waals surface area contributed by atoms with E-state index in [4.69, 9.17) is 14.8 Å². The van der Waals surface area contributed by atoms with Crippen molar-refractivity contribution in [2.24, 2.45) is 5.73 Å². The van der Waals surface area contributed by atoms with Crippen LogP contribution >= 0.6 is 7.82 Å². The normalized spacial score (nSPS) is 14.5. The number of hydrogen-bond donors (Lipinski definition) is 4. The van der Waals surface area contributed by atoms with E-state index in [1.807, 2.05) is 6.08 Å². The molecule has 290 valence electrons. The SMILES string of the molecule is CCCCCCCCCCCC/C=C/CC/C=C/C(O)C(COP(=O)(O)OCCN)NC(=O)CCCCCCCCCCCCCCCC. The lowest BCUT2D eigenvalue weighted by Gasteiger charge is -2.23. The summed E-state index contributed by atoms with van der Waals surface area (Å²) in [5.74, 6) is -0.203. The fourth-order valence-corrected chi connectivity index (χ4v) is 6.67. The van der Waals surface area contributed by atoms with Gasteiger partial charge in [-0.25, -0.2) is 4.57 Å². The first-order valence-corrected chi connectivity index (χ1v) is 22.0. The summed E-state index contributed by atoms with van der Waals surface area (Å²) < 4.78 is 22.1. The van der Waals surface area contributed by atoms with Crippen LogP contribution in [0.4, 0.5) is 0 Å². The Morgan fingerprint density at radius 1 is 0.653 bits per heavy atom. The molecule has 49 heavy (non-hydrogen) atoms. The van der Waals surface area contributed by atoms with Gasteiger partial charge >= 0.3 is 7.82 Å². The molecule has 0 aliphatic carbocycles. The van der Waals surface area contributed by atoms with Crippen LogP contribution in [0.5, 0.6) is 0 Å². The van der Waals surface area contributed by atoms with Gasteiger partial charge in [0, 0.05) is 13.0 Å². The monoisotopic (exact) mass is 715 g/mol. The van der Waals surface area contributed by atoms with Gasteiger partial charge in [-0.3, -0.25) is 13.8 Å². The maximum absolute atomic E-state index is 12.7. The van der Waals surface area contributed by atoms with E-state index in [0.29, 0.717) is 6.42 Å². The molecule has 0 radical (unpaired) electrons. The number of carbonyl (C=O) groups excluding carboxylic acids is 1. The number of allylic oxidation sites excluding steroid dienone is 3. The lowest BCUT2D eigenvalue weighted by molar-refractivity contribution is -0.123. The second kappa shape index (κ2) is 36.8. The van der Waals surface area contributed by atoms with Gasteiger partial charge in [0.25, 0.3) is 0 Å². The van der Waals surface area contributed by atoms with Crippen molar-refractivity contribution in [2.45, 2.75) is 206 Å². The molecule has 0 aliphatic heterocycles. The third-order valence-electron chi connectivity index (χ3n) is 9.03. The zero-order chi connectivity index (χ0) is 36.1. The van der Waals surface area contributed by atoms with Crippen molar-refractivity contribution in [2.75, 3.05) is 19.8 Å². The molecule has 0 saturated heterocycles. The highest BCUT2D eigenvalue weighted by Crippen LogP contribution is 2.43. The van der Waals surface area contributed by atoms with Crippen LogP contribution in [-0.4, -0.2) is 47.8 Å². The topological polar surface area (TPSA) is 131 Å². The van der Waals surface area contributed by atoms with Gasteiger partial charge < -0.3 is 21.1 Å². The average molecular weight is 715 g/mol. The Hall–Kier alpha value is -1.02. The molecule has 0 heterocycles. The molecule has 8 nitrogen and oxygen atoms in total. The minimum atomic E-state index is -4.34. The number of phosphoric ester groups is 1. The Morgan fingerprint density at radius 2 is 1.08 bits per heavy atom. The van der Waals surface area contributed by atoms with Gasteiger partial charge in [0.2, 0.25) is 5.91 Å². The highest BCUT2D eigenvalue weighted by Gasteiger charge is 2.26. The Morgan fingerprint density at radius 3 is 1.57 bits per heavy atom.